The van der Waals surface area contributed by atoms with Crippen LogP contribution in [0, 0.1) is 6.92 Å². The first-order valence-electron chi connectivity index (χ1n) is 9.40. The minimum Gasteiger partial charge on any atom is -0.449 e. The van der Waals surface area contributed by atoms with Crippen LogP contribution in [-0.4, -0.2) is 27.9 Å². The number of rotatable bonds is 5. The number of ether oxygens (including phenoxy) is 1. The molecule has 0 aliphatic rings. The van der Waals surface area contributed by atoms with Gasteiger partial charge < -0.3 is 4.74 Å². The standard InChI is InChI=1S/C23H19N3O3S/c1-14-12-18(17-10-6-7-11-19(17)24-14)22(28)29-15(2)21(27)26-23-25-20(13-30-23)16-8-4-3-5-9-16/h3-13,15H,1-2H3,(H,25,26,27). The van der Waals surface area contributed by atoms with Crippen molar-refractivity contribution in [1.82, 2.24) is 9.97 Å². The SMILES string of the molecule is Cc1cc(C(=O)OC(C)C(=O)Nc2nc(-c3ccccc3)cs2)c2ccccc2n1. The Kier molecular flexibility index (Phi) is 5.54. The molecule has 0 aliphatic carbocycles. The number of nitrogens with one attached hydrogen (secondary N) is 1. The Balaban J connectivity index is 1.45. The van der Waals surface area contributed by atoms with E-state index in [1.54, 1.807) is 6.07 Å². The molecule has 2 aromatic carbocycles. The van der Waals surface area contributed by atoms with Gasteiger partial charge in [-0.15, -0.1) is 11.3 Å². The first kappa shape index (κ1) is 19.7. The maximum atomic E-state index is 12.7. The van der Waals surface area contributed by atoms with E-state index >= 15 is 0 Å². The number of carbonyl (C=O) groups is 2. The molecule has 4 aromatic rings. The molecule has 7 heteroatoms. The fourth-order valence-corrected chi connectivity index (χ4v) is 3.76. The molecule has 0 radical (unpaired) electrons. The summed E-state index contributed by atoms with van der Waals surface area (Å²) in [6.07, 6.45) is -0.978. The molecule has 2 heterocycles. The Morgan fingerprint density at radius 1 is 1.03 bits per heavy atom. The van der Waals surface area contributed by atoms with Crippen molar-refractivity contribution in [2.45, 2.75) is 20.0 Å². The van der Waals surface area contributed by atoms with Gasteiger partial charge in [-0.05, 0) is 26.0 Å². The lowest BCUT2D eigenvalue weighted by molar-refractivity contribution is -0.123. The number of para-hydroxylation sites is 1. The minimum absolute atomic E-state index is 0.387. The molecular weight excluding hydrogens is 398 g/mol. The normalized spacial score (nSPS) is 11.8. The van der Waals surface area contributed by atoms with Gasteiger partial charge in [0, 0.05) is 22.0 Å². The van der Waals surface area contributed by atoms with Crippen molar-refractivity contribution < 1.29 is 14.3 Å². The average molecular weight is 417 g/mol. The van der Waals surface area contributed by atoms with Crippen molar-refractivity contribution >= 4 is 39.2 Å². The average Bonchev–Trinajstić information content (AvgIpc) is 3.22. The van der Waals surface area contributed by atoms with Gasteiger partial charge in [-0.25, -0.2) is 9.78 Å². The number of anilines is 1. The molecule has 0 bridgehead atoms. The van der Waals surface area contributed by atoms with Crippen LogP contribution in [0.2, 0.25) is 0 Å². The number of hydrogen-bond donors (Lipinski definition) is 1. The number of nitrogens with zero attached hydrogens (tertiary/aromatic N) is 2. The van der Waals surface area contributed by atoms with Gasteiger partial charge in [0.1, 0.15) is 0 Å². The van der Waals surface area contributed by atoms with Crippen molar-refractivity contribution in [3.63, 3.8) is 0 Å². The Hall–Kier alpha value is -3.58. The summed E-state index contributed by atoms with van der Waals surface area (Å²) in [7, 11) is 0. The number of aryl methyl sites for hydroxylation is 1. The summed E-state index contributed by atoms with van der Waals surface area (Å²) in [5.74, 6) is -1.00. The molecule has 0 aliphatic heterocycles. The highest BCUT2D eigenvalue weighted by Crippen LogP contribution is 2.25. The van der Waals surface area contributed by atoms with Crippen LogP contribution in [0.3, 0.4) is 0 Å². The van der Waals surface area contributed by atoms with Gasteiger partial charge in [-0.1, -0.05) is 48.5 Å². The van der Waals surface area contributed by atoms with Gasteiger partial charge in [0.2, 0.25) is 0 Å². The molecule has 0 saturated carbocycles. The largest absolute Gasteiger partial charge is 0.449 e. The summed E-state index contributed by atoms with van der Waals surface area (Å²) in [4.78, 5) is 34.1. The number of pyridine rings is 1. The van der Waals surface area contributed by atoms with Crippen molar-refractivity contribution in [3.05, 3.63) is 77.3 Å². The van der Waals surface area contributed by atoms with Crippen LogP contribution in [0.4, 0.5) is 5.13 Å². The Morgan fingerprint density at radius 3 is 2.57 bits per heavy atom. The van der Waals surface area contributed by atoms with Gasteiger partial charge in [0.15, 0.2) is 11.2 Å². The second kappa shape index (κ2) is 8.42. The lowest BCUT2D eigenvalue weighted by Crippen LogP contribution is -2.30. The number of hydrogen-bond acceptors (Lipinski definition) is 6. The second-order valence-corrected chi connectivity index (χ2v) is 7.63. The zero-order valence-corrected chi connectivity index (χ0v) is 17.3. The summed E-state index contributed by atoms with van der Waals surface area (Å²) in [5.41, 5.74) is 3.54. The first-order valence-corrected chi connectivity index (χ1v) is 10.3. The molecule has 0 spiro atoms. The highest BCUT2D eigenvalue weighted by Gasteiger charge is 2.22. The predicted molar refractivity (Wildman–Crippen MR) is 118 cm³/mol. The molecule has 2 aromatic heterocycles. The Labute approximate surface area is 177 Å². The van der Waals surface area contributed by atoms with E-state index in [-0.39, 0.29) is 0 Å². The third-order valence-electron chi connectivity index (χ3n) is 4.52. The van der Waals surface area contributed by atoms with E-state index < -0.39 is 18.0 Å². The molecule has 4 rings (SSSR count). The third-order valence-corrected chi connectivity index (χ3v) is 5.28. The second-order valence-electron chi connectivity index (χ2n) is 6.77. The molecule has 1 N–H and O–H groups in total. The molecule has 1 amide bonds. The van der Waals surface area contributed by atoms with Crippen LogP contribution >= 0.6 is 11.3 Å². The summed E-state index contributed by atoms with van der Waals surface area (Å²) < 4.78 is 5.42. The van der Waals surface area contributed by atoms with Crippen LogP contribution in [0.25, 0.3) is 22.2 Å². The fourth-order valence-electron chi connectivity index (χ4n) is 3.03. The maximum absolute atomic E-state index is 12.7. The zero-order valence-electron chi connectivity index (χ0n) is 16.5. The van der Waals surface area contributed by atoms with Gasteiger partial charge >= 0.3 is 5.97 Å². The highest BCUT2D eigenvalue weighted by molar-refractivity contribution is 7.14. The van der Waals surface area contributed by atoms with E-state index in [2.05, 4.69) is 15.3 Å². The maximum Gasteiger partial charge on any atom is 0.339 e. The molecule has 1 atom stereocenters. The zero-order chi connectivity index (χ0) is 21.1. The number of esters is 1. The first-order chi connectivity index (χ1) is 14.5. The van der Waals surface area contributed by atoms with Gasteiger partial charge in [-0.2, -0.15) is 0 Å². The predicted octanol–water partition coefficient (Wildman–Crippen LogP) is 4.85. The van der Waals surface area contributed by atoms with Crippen molar-refractivity contribution in [2.24, 2.45) is 0 Å². The van der Waals surface area contributed by atoms with Crippen LogP contribution in [0.15, 0.2) is 66.0 Å². The van der Waals surface area contributed by atoms with E-state index in [4.69, 9.17) is 4.74 Å². The van der Waals surface area contributed by atoms with E-state index in [0.717, 1.165) is 11.3 Å². The van der Waals surface area contributed by atoms with Crippen molar-refractivity contribution in [3.8, 4) is 11.3 Å². The van der Waals surface area contributed by atoms with Crippen molar-refractivity contribution in [2.75, 3.05) is 5.32 Å². The summed E-state index contributed by atoms with van der Waals surface area (Å²) >= 11 is 1.32. The molecule has 30 heavy (non-hydrogen) atoms. The number of aromatic nitrogens is 2. The molecule has 6 nitrogen and oxygen atoms in total. The number of fused-ring (bicyclic) bond motifs is 1. The number of benzene rings is 2. The van der Waals surface area contributed by atoms with E-state index in [9.17, 15) is 9.59 Å². The van der Waals surface area contributed by atoms with E-state index in [1.807, 2.05) is 66.9 Å². The monoisotopic (exact) mass is 417 g/mol. The summed E-state index contributed by atoms with van der Waals surface area (Å²) in [6, 6.07) is 18.7. The van der Waals surface area contributed by atoms with Crippen LogP contribution in [0.5, 0.6) is 0 Å². The van der Waals surface area contributed by atoms with Crippen LogP contribution in [0.1, 0.15) is 23.0 Å². The van der Waals surface area contributed by atoms with Crippen molar-refractivity contribution in [1.29, 1.82) is 0 Å². The molecule has 1 unspecified atom stereocenters. The molecular formula is C23H19N3O3S. The quantitative estimate of drug-likeness (QED) is 0.470. The summed E-state index contributed by atoms with van der Waals surface area (Å²) in [6.45, 7) is 3.35. The van der Waals surface area contributed by atoms with Gasteiger partial charge in [0.05, 0.1) is 16.8 Å². The smallest absolute Gasteiger partial charge is 0.339 e. The number of thiazole rings is 1. The number of carbonyl (C=O) groups excluding carboxylic acids is 2. The van der Waals surface area contributed by atoms with E-state index in [0.29, 0.717) is 27.3 Å². The topological polar surface area (TPSA) is 81.2 Å². The third kappa shape index (κ3) is 4.21. The highest BCUT2D eigenvalue weighted by atomic mass is 32.1. The lowest BCUT2D eigenvalue weighted by Gasteiger charge is -2.13. The fraction of sp³-hybridized carbons (Fsp3) is 0.130. The van der Waals surface area contributed by atoms with E-state index in [1.165, 1.54) is 18.3 Å². The molecule has 0 fully saturated rings. The van der Waals surface area contributed by atoms with Crippen LogP contribution in [-0.2, 0) is 9.53 Å². The van der Waals surface area contributed by atoms with Gasteiger partial charge in [-0.3, -0.25) is 15.1 Å². The Morgan fingerprint density at radius 2 is 1.77 bits per heavy atom. The number of amides is 1. The lowest BCUT2D eigenvalue weighted by atomic mass is 10.1. The Bertz CT molecular complexity index is 1220. The van der Waals surface area contributed by atoms with Crippen LogP contribution < -0.4 is 5.32 Å². The minimum atomic E-state index is -0.978. The summed E-state index contributed by atoms with van der Waals surface area (Å²) in [5, 5.41) is 5.72. The van der Waals surface area contributed by atoms with Gasteiger partial charge in [0.25, 0.3) is 5.91 Å². The molecule has 150 valence electrons. The molecule has 0 saturated heterocycles.